The molecule has 0 spiro atoms. The maximum atomic E-state index is 13.3. The monoisotopic (exact) mass is 450 g/mol. The first-order valence-electron chi connectivity index (χ1n) is 9.22. The van der Waals surface area contributed by atoms with E-state index in [4.69, 9.17) is 11.6 Å². The molecule has 3 nitrogen and oxygen atoms in total. The molecule has 30 heavy (non-hydrogen) atoms. The summed E-state index contributed by atoms with van der Waals surface area (Å²) in [4.78, 5) is 5.17. The molecule has 4 rings (SSSR count). The van der Waals surface area contributed by atoms with Gasteiger partial charge in [-0.2, -0.15) is 13.2 Å². The van der Waals surface area contributed by atoms with Crippen molar-refractivity contribution in [2.24, 2.45) is 0 Å². The Bertz CT molecular complexity index is 1090. The number of anilines is 1. The highest BCUT2D eigenvalue weighted by Gasteiger charge is 2.51. The van der Waals surface area contributed by atoms with E-state index in [1.54, 1.807) is 11.8 Å². The second-order valence-corrected chi connectivity index (χ2v) is 8.85. The Morgan fingerprint density at radius 3 is 2.63 bits per heavy atom. The topological polar surface area (TPSA) is 45.2 Å². The predicted octanol–water partition coefficient (Wildman–Crippen LogP) is 6.26. The number of alkyl halides is 3. The first-order chi connectivity index (χ1) is 14.2. The molecular formula is C22H18ClF3N2OS. The Balaban J connectivity index is 1.65. The fraction of sp³-hybridized carbons (Fsp3) is 0.227. The number of hydrogen-bond acceptors (Lipinski definition) is 4. The summed E-state index contributed by atoms with van der Waals surface area (Å²) >= 11 is 7.86. The zero-order valence-corrected chi connectivity index (χ0v) is 17.4. The van der Waals surface area contributed by atoms with E-state index in [0.717, 1.165) is 23.1 Å². The van der Waals surface area contributed by atoms with E-state index >= 15 is 0 Å². The molecular weight excluding hydrogens is 433 g/mol. The SMILES string of the molecule is CC(O)(c1ccnc(-c2cccc3c2SC(Cc2ccccc2Cl)N3)c1)C(F)(F)F. The fourth-order valence-corrected chi connectivity index (χ4v) is 4.82. The molecule has 3 aromatic rings. The van der Waals surface area contributed by atoms with Crippen molar-refractivity contribution in [3.8, 4) is 11.3 Å². The maximum absolute atomic E-state index is 13.3. The minimum atomic E-state index is -4.79. The molecule has 2 atom stereocenters. The van der Waals surface area contributed by atoms with Gasteiger partial charge in [-0.15, -0.1) is 0 Å². The van der Waals surface area contributed by atoms with Gasteiger partial charge in [0.05, 0.1) is 11.1 Å². The van der Waals surface area contributed by atoms with Gasteiger partial charge in [0.25, 0.3) is 0 Å². The highest BCUT2D eigenvalue weighted by molar-refractivity contribution is 8.00. The Morgan fingerprint density at radius 2 is 1.90 bits per heavy atom. The van der Waals surface area contributed by atoms with Gasteiger partial charge in [-0.05, 0) is 42.3 Å². The zero-order chi connectivity index (χ0) is 21.5. The van der Waals surface area contributed by atoms with Crippen molar-refractivity contribution in [1.82, 2.24) is 4.98 Å². The number of aromatic nitrogens is 1. The van der Waals surface area contributed by atoms with Gasteiger partial charge < -0.3 is 10.4 Å². The van der Waals surface area contributed by atoms with E-state index < -0.39 is 11.8 Å². The largest absolute Gasteiger partial charge is 0.421 e. The summed E-state index contributed by atoms with van der Waals surface area (Å²) in [6, 6.07) is 15.7. The van der Waals surface area contributed by atoms with Crippen molar-refractivity contribution in [2.75, 3.05) is 5.32 Å². The van der Waals surface area contributed by atoms with Crippen molar-refractivity contribution in [1.29, 1.82) is 0 Å². The summed E-state index contributed by atoms with van der Waals surface area (Å²) < 4.78 is 39.8. The summed E-state index contributed by atoms with van der Waals surface area (Å²) in [6.45, 7) is 0.747. The van der Waals surface area contributed by atoms with Crippen molar-refractivity contribution in [3.63, 3.8) is 0 Å². The number of nitrogens with zero attached hydrogens (tertiary/aromatic N) is 1. The quantitative estimate of drug-likeness (QED) is 0.492. The summed E-state index contributed by atoms with van der Waals surface area (Å²) in [5.41, 5.74) is -0.209. The number of hydrogen-bond donors (Lipinski definition) is 2. The number of fused-ring (bicyclic) bond motifs is 1. The molecule has 1 aromatic heterocycles. The van der Waals surface area contributed by atoms with Crippen LogP contribution in [-0.4, -0.2) is 21.6 Å². The molecule has 0 radical (unpaired) electrons. The first kappa shape index (κ1) is 21.0. The lowest BCUT2D eigenvalue weighted by Crippen LogP contribution is -2.39. The Labute approximate surface area is 181 Å². The van der Waals surface area contributed by atoms with Crippen LogP contribution in [0.3, 0.4) is 0 Å². The fourth-order valence-electron chi connectivity index (χ4n) is 3.33. The number of aliphatic hydroxyl groups is 1. The molecule has 2 heterocycles. The van der Waals surface area contributed by atoms with Crippen LogP contribution in [0.4, 0.5) is 18.9 Å². The number of benzene rings is 2. The molecule has 0 amide bonds. The molecule has 2 unspecified atom stereocenters. The van der Waals surface area contributed by atoms with E-state index in [1.165, 1.54) is 18.3 Å². The molecule has 0 saturated heterocycles. The zero-order valence-electron chi connectivity index (χ0n) is 15.9. The molecule has 2 aromatic carbocycles. The second kappa shape index (κ2) is 7.80. The molecule has 156 valence electrons. The van der Waals surface area contributed by atoms with Gasteiger partial charge in [0, 0.05) is 33.8 Å². The minimum Gasteiger partial charge on any atom is -0.376 e. The molecule has 2 N–H and O–H groups in total. The Morgan fingerprint density at radius 1 is 1.13 bits per heavy atom. The number of thioether (sulfide) groups is 1. The third-order valence-corrected chi connectivity index (χ3v) is 6.72. The van der Waals surface area contributed by atoms with Crippen LogP contribution >= 0.6 is 23.4 Å². The van der Waals surface area contributed by atoms with Gasteiger partial charge in [-0.1, -0.05) is 53.7 Å². The van der Waals surface area contributed by atoms with Crippen LogP contribution in [0.2, 0.25) is 5.02 Å². The molecule has 0 fully saturated rings. The predicted molar refractivity (Wildman–Crippen MR) is 114 cm³/mol. The molecule has 0 aliphatic carbocycles. The molecule has 1 aliphatic heterocycles. The normalized spacial score (nSPS) is 17.9. The lowest BCUT2D eigenvalue weighted by Gasteiger charge is -2.26. The lowest BCUT2D eigenvalue weighted by molar-refractivity contribution is -0.258. The summed E-state index contributed by atoms with van der Waals surface area (Å²) in [5.74, 6) is 0. The van der Waals surface area contributed by atoms with Gasteiger partial charge in [0.1, 0.15) is 0 Å². The van der Waals surface area contributed by atoms with Gasteiger partial charge in [0.2, 0.25) is 0 Å². The molecule has 8 heteroatoms. The summed E-state index contributed by atoms with van der Waals surface area (Å²) in [6.07, 6.45) is -2.81. The molecule has 0 saturated carbocycles. The second-order valence-electron chi connectivity index (χ2n) is 7.23. The van der Waals surface area contributed by atoms with E-state index in [-0.39, 0.29) is 10.9 Å². The first-order valence-corrected chi connectivity index (χ1v) is 10.5. The van der Waals surface area contributed by atoms with Crippen LogP contribution in [0.15, 0.2) is 65.7 Å². The van der Waals surface area contributed by atoms with Gasteiger partial charge in [-0.25, -0.2) is 0 Å². The number of rotatable bonds is 4. The Hall–Kier alpha value is -2.22. The van der Waals surface area contributed by atoms with Crippen molar-refractivity contribution >= 4 is 29.1 Å². The molecule has 0 bridgehead atoms. The molecule has 1 aliphatic rings. The highest BCUT2D eigenvalue weighted by atomic mass is 35.5. The number of halogens is 4. The minimum absolute atomic E-state index is 0.0301. The third-order valence-electron chi connectivity index (χ3n) is 5.10. The van der Waals surface area contributed by atoms with Crippen LogP contribution in [-0.2, 0) is 12.0 Å². The van der Waals surface area contributed by atoms with Gasteiger partial charge in [0.15, 0.2) is 5.60 Å². The maximum Gasteiger partial charge on any atom is 0.421 e. The summed E-state index contributed by atoms with van der Waals surface area (Å²) in [7, 11) is 0. The van der Waals surface area contributed by atoms with Crippen molar-refractivity contribution < 1.29 is 18.3 Å². The highest BCUT2D eigenvalue weighted by Crippen LogP contribution is 2.46. The lowest BCUT2D eigenvalue weighted by atomic mass is 9.94. The Kier molecular flexibility index (Phi) is 5.46. The average molecular weight is 451 g/mol. The van der Waals surface area contributed by atoms with E-state index in [9.17, 15) is 18.3 Å². The number of pyridine rings is 1. The van der Waals surface area contributed by atoms with Crippen molar-refractivity contribution in [2.45, 2.75) is 35.4 Å². The van der Waals surface area contributed by atoms with E-state index in [0.29, 0.717) is 22.7 Å². The van der Waals surface area contributed by atoms with Crippen LogP contribution in [0.25, 0.3) is 11.3 Å². The van der Waals surface area contributed by atoms with Crippen LogP contribution in [0.5, 0.6) is 0 Å². The van der Waals surface area contributed by atoms with E-state index in [1.807, 2.05) is 42.5 Å². The smallest absolute Gasteiger partial charge is 0.376 e. The van der Waals surface area contributed by atoms with Crippen LogP contribution < -0.4 is 5.32 Å². The van der Waals surface area contributed by atoms with Gasteiger partial charge >= 0.3 is 6.18 Å². The van der Waals surface area contributed by atoms with E-state index in [2.05, 4.69) is 10.3 Å². The van der Waals surface area contributed by atoms with Crippen LogP contribution in [0, 0.1) is 0 Å². The summed E-state index contributed by atoms with van der Waals surface area (Å²) in [5, 5.41) is 14.2. The average Bonchev–Trinajstić information content (AvgIpc) is 3.11. The number of nitrogens with one attached hydrogen (secondary N) is 1. The third kappa shape index (κ3) is 3.89. The van der Waals surface area contributed by atoms with Crippen LogP contribution in [0.1, 0.15) is 18.1 Å². The standard InChI is InChI=1S/C22H18ClF3N2OS/c1-21(29,22(24,25)26)14-9-10-27-18(12-14)15-6-4-8-17-20(15)30-19(28-17)11-13-5-2-3-7-16(13)23/h2-10,12,19,28-29H,11H2,1H3. The van der Waals surface area contributed by atoms with Gasteiger partial charge in [-0.3, -0.25) is 4.98 Å². The van der Waals surface area contributed by atoms with Crippen molar-refractivity contribution in [3.05, 3.63) is 76.9 Å².